The van der Waals surface area contributed by atoms with Gasteiger partial charge in [-0.1, -0.05) is 28.1 Å². The van der Waals surface area contributed by atoms with E-state index in [-0.39, 0.29) is 16.3 Å². The standard InChI is InChI=1S/C13H7Br2F2NOS/c14-7-1-2-11(8(15)5-7)19-12-9(16)3-6(13(18)20)4-10(12)17/h1-5H,(H2,18,20). The summed E-state index contributed by atoms with van der Waals surface area (Å²) in [5.41, 5.74) is 5.45. The van der Waals surface area contributed by atoms with Gasteiger partial charge >= 0.3 is 0 Å². The third kappa shape index (κ3) is 3.34. The SMILES string of the molecule is NC(=S)c1cc(F)c(Oc2ccc(Br)cc2Br)c(F)c1. The summed E-state index contributed by atoms with van der Waals surface area (Å²) in [5.74, 6) is -1.97. The van der Waals surface area contributed by atoms with Crippen molar-refractivity contribution in [2.75, 3.05) is 0 Å². The summed E-state index contributed by atoms with van der Waals surface area (Å²) in [6.07, 6.45) is 0. The van der Waals surface area contributed by atoms with Crippen molar-refractivity contribution in [2.45, 2.75) is 0 Å². The van der Waals surface area contributed by atoms with E-state index in [0.29, 0.717) is 4.47 Å². The van der Waals surface area contributed by atoms with Gasteiger partial charge in [-0.25, -0.2) is 8.78 Å². The highest BCUT2D eigenvalue weighted by molar-refractivity contribution is 9.11. The molecule has 0 saturated carbocycles. The smallest absolute Gasteiger partial charge is 0.198 e. The second-order valence-corrected chi connectivity index (χ2v) is 6.02. The van der Waals surface area contributed by atoms with Crippen LogP contribution in [0, 0.1) is 11.6 Å². The van der Waals surface area contributed by atoms with Crippen LogP contribution >= 0.6 is 44.1 Å². The Bertz CT molecular complexity index is 671. The minimum absolute atomic E-state index is 0.0841. The van der Waals surface area contributed by atoms with Crippen LogP contribution in [0.5, 0.6) is 11.5 Å². The van der Waals surface area contributed by atoms with E-state index in [9.17, 15) is 8.78 Å². The van der Waals surface area contributed by atoms with Crippen LogP contribution in [0.15, 0.2) is 39.3 Å². The number of hydrogen-bond acceptors (Lipinski definition) is 2. The van der Waals surface area contributed by atoms with Crippen LogP contribution in [-0.2, 0) is 0 Å². The van der Waals surface area contributed by atoms with E-state index in [0.717, 1.165) is 16.6 Å². The van der Waals surface area contributed by atoms with Gasteiger partial charge in [-0.05, 0) is 46.3 Å². The zero-order chi connectivity index (χ0) is 14.9. The van der Waals surface area contributed by atoms with E-state index >= 15 is 0 Å². The molecule has 2 N–H and O–H groups in total. The summed E-state index contributed by atoms with van der Waals surface area (Å²) in [5, 5.41) is 0. The van der Waals surface area contributed by atoms with Gasteiger partial charge in [-0.3, -0.25) is 0 Å². The predicted molar refractivity (Wildman–Crippen MR) is 84.2 cm³/mol. The Balaban J connectivity index is 2.41. The van der Waals surface area contributed by atoms with E-state index in [2.05, 4.69) is 44.1 Å². The average molecular weight is 423 g/mol. The van der Waals surface area contributed by atoms with Gasteiger partial charge in [0.2, 0.25) is 0 Å². The Morgan fingerprint density at radius 3 is 2.20 bits per heavy atom. The zero-order valence-corrected chi connectivity index (χ0v) is 13.8. The summed E-state index contributed by atoms with van der Waals surface area (Å²) in [6, 6.07) is 7.04. The molecule has 104 valence electrons. The number of benzene rings is 2. The summed E-state index contributed by atoms with van der Waals surface area (Å²) in [7, 11) is 0. The van der Waals surface area contributed by atoms with Crippen LogP contribution in [0.4, 0.5) is 8.78 Å². The topological polar surface area (TPSA) is 35.2 Å². The number of rotatable bonds is 3. The van der Waals surface area contributed by atoms with Crippen molar-refractivity contribution in [1.29, 1.82) is 0 Å². The number of halogens is 4. The van der Waals surface area contributed by atoms with E-state index in [1.807, 2.05) is 0 Å². The fourth-order valence-electron chi connectivity index (χ4n) is 1.47. The molecule has 0 fully saturated rings. The zero-order valence-electron chi connectivity index (χ0n) is 9.79. The maximum atomic E-state index is 13.9. The minimum atomic E-state index is -0.873. The lowest BCUT2D eigenvalue weighted by Crippen LogP contribution is -2.10. The average Bonchev–Trinajstić information content (AvgIpc) is 2.35. The van der Waals surface area contributed by atoms with Gasteiger partial charge in [0, 0.05) is 10.0 Å². The normalized spacial score (nSPS) is 10.4. The Morgan fingerprint density at radius 2 is 1.70 bits per heavy atom. The summed E-state index contributed by atoms with van der Waals surface area (Å²) in [4.78, 5) is -0.0841. The maximum absolute atomic E-state index is 13.9. The first kappa shape index (κ1) is 15.3. The molecular weight excluding hydrogens is 416 g/mol. The fraction of sp³-hybridized carbons (Fsp3) is 0. The van der Waals surface area contributed by atoms with Crippen molar-refractivity contribution in [3.8, 4) is 11.5 Å². The molecule has 2 rings (SSSR count). The van der Waals surface area contributed by atoms with Crippen LogP contribution in [-0.4, -0.2) is 4.99 Å². The molecule has 0 heterocycles. The Hall–Kier alpha value is -1.05. The van der Waals surface area contributed by atoms with Gasteiger partial charge in [0.1, 0.15) is 10.7 Å². The van der Waals surface area contributed by atoms with Gasteiger partial charge in [-0.15, -0.1) is 0 Å². The first-order valence-electron chi connectivity index (χ1n) is 5.30. The number of hydrogen-bond donors (Lipinski definition) is 1. The predicted octanol–water partition coefficient (Wildman–Crippen LogP) is 4.92. The van der Waals surface area contributed by atoms with Crippen molar-refractivity contribution in [3.63, 3.8) is 0 Å². The molecule has 0 spiro atoms. The first-order chi connectivity index (χ1) is 9.38. The number of nitrogens with two attached hydrogens (primary N) is 1. The molecule has 0 bridgehead atoms. The van der Waals surface area contributed by atoms with Crippen LogP contribution in [0.25, 0.3) is 0 Å². The van der Waals surface area contributed by atoms with Crippen molar-refractivity contribution in [3.05, 3.63) is 56.5 Å². The first-order valence-corrected chi connectivity index (χ1v) is 7.29. The maximum Gasteiger partial charge on any atom is 0.198 e. The van der Waals surface area contributed by atoms with E-state index in [1.165, 1.54) is 0 Å². The second kappa shape index (κ2) is 6.15. The minimum Gasteiger partial charge on any atom is -0.450 e. The van der Waals surface area contributed by atoms with Gasteiger partial charge in [0.25, 0.3) is 0 Å². The number of ether oxygens (including phenoxy) is 1. The largest absolute Gasteiger partial charge is 0.450 e. The third-order valence-electron chi connectivity index (χ3n) is 2.39. The van der Waals surface area contributed by atoms with E-state index < -0.39 is 17.4 Å². The monoisotopic (exact) mass is 421 g/mol. The molecule has 0 radical (unpaired) electrons. The van der Waals surface area contributed by atoms with E-state index in [1.54, 1.807) is 18.2 Å². The van der Waals surface area contributed by atoms with Crippen LogP contribution < -0.4 is 10.5 Å². The number of thiocarbonyl (C=S) groups is 1. The third-order valence-corrected chi connectivity index (χ3v) is 3.74. The quantitative estimate of drug-likeness (QED) is 0.713. The highest BCUT2D eigenvalue weighted by Crippen LogP contribution is 2.34. The lowest BCUT2D eigenvalue weighted by atomic mass is 10.2. The molecule has 0 saturated heterocycles. The van der Waals surface area contributed by atoms with E-state index in [4.69, 9.17) is 10.5 Å². The van der Waals surface area contributed by atoms with Crippen molar-refractivity contribution in [2.24, 2.45) is 5.73 Å². The van der Waals surface area contributed by atoms with Crippen molar-refractivity contribution >= 4 is 49.1 Å². The molecule has 0 amide bonds. The second-order valence-electron chi connectivity index (χ2n) is 3.81. The molecule has 2 aromatic carbocycles. The molecule has 0 atom stereocenters. The summed E-state index contributed by atoms with van der Waals surface area (Å²) >= 11 is 11.2. The molecule has 7 heteroatoms. The van der Waals surface area contributed by atoms with Gasteiger partial charge in [0.15, 0.2) is 17.4 Å². The molecule has 0 aliphatic rings. The summed E-state index contributed by atoms with van der Waals surface area (Å²) < 4.78 is 34.4. The van der Waals surface area contributed by atoms with Gasteiger partial charge in [0.05, 0.1) is 4.47 Å². The van der Waals surface area contributed by atoms with Crippen molar-refractivity contribution < 1.29 is 13.5 Å². The summed E-state index contributed by atoms with van der Waals surface area (Å²) in [6.45, 7) is 0. The molecule has 2 aromatic rings. The van der Waals surface area contributed by atoms with Crippen LogP contribution in [0.3, 0.4) is 0 Å². The van der Waals surface area contributed by atoms with Crippen molar-refractivity contribution in [1.82, 2.24) is 0 Å². The molecule has 0 aromatic heterocycles. The van der Waals surface area contributed by atoms with Crippen LogP contribution in [0.1, 0.15) is 5.56 Å². The molecule has 0 unspecified atom stereocenters. The van der Waals surface area contributed by atoms with Gasteiger partial charge < -0.3 is 10.5 Å². The molecule has 2 nitrogen and oxygen atoms in total. The Morgan fingerprint density at radius 1 is 1.10 bits per heavy atom. The molecule has 0 aliphatic carbocycles. The lowest BCUT2D eigenvalue weighted by Gasteiger charge is -2.11. The van der Waals surface area contributed by atoms with Gasteiger partial charge in [-0.2, -0.15) is 0 Å². The Kier molecular flexibility index (Phi) is 4.72. The fourth-order valence-corrected chi connectivity index (χ4v) is 2.71. The van der Waals surface area contributed by atoms with Crippen LogP contribution in [0.2, 0.25) is 0 Å². The molecular formula is C13H7Br2F2NOS. The lowest BCUT2D eigenvalue weighted by molar-refractivity contribution is 0.405. The highest BCUT2D eigenvalue weighted by atomic mass is 79.9. The highest BCUT2D eigenvalue weighted by Gasteiger charge is 2.16. The molecule has 20 heavy (non-hydrogen) atoms. The Labute approximate surface area is 136 Å². The molecule has 0 aliphatic heterocycles.